The molecule has 3 aromatic rings. The van der Waals surface area contributed by atoms with Crippen molar-refractivity contribution in [3.05, 3.63) is 66.2 Å². The van der Waals surface area contributed by atoms with Gasteiger partial charge in [-0.2, -0.15) is 5.10 Å². The van der Waals surface area contributed by atoms with E-state index in [0.29, 0.717) is 18.0 Å². The zero-order valence-electron chi connectivity index (χ0n) is 13.6. The van der Waals surface area contributed by atoms with Gasteiger partial charge in [-0.25, -0.2) is 4.79 Å². The number of nitrogens with one attached hydrogen (secondary N) is 1. The average Bonchev–Trinajstić information content (AvgIpc) is 3.32. The molecule has 0 spiro atoms. The van der Waals surface area contributed by atoms with Gasteiger partial charge in [-0.3, -0.25) is 9.89 Å². The number of furan rings is 1. The van der Waals surface area contributed by atoms with Crippen molar-refractivity contribution < 1.29 is 18.7 Å². The van der Waals surface area contributed by atoms with Crippen LogP contribution in [0.5, 0.6) is 0 Å². The lowest BCUT2D eigenvalue weighted by atomic mass is 10.1. The van der Waals surface area contributed by atoms with Crippen LogP contribution < -0.4 is 0 Å². The Kier molecular flexibility index (Phi) is 4.94. The first-order valence-electron chi connectivity index (χ1n) is 7.68. The zero-order valence-corrected chi connectivity index (χ0v) is 13.6. The number of ether oxygens (including phenoxy) is 1. The molecule has 0 unspecified atom stereocenters. The van der Waals surface area contributed by atoms with Crippen molar-refractivity contribution in [1.29, 1.82) is 0 Å². The molecule has 0 aliphatic heterocycles. The van der Waals surface area contributed by atoms with Crippen molar-refractivity contribution in [3.8, 4) is 11.3 Å². The monoisotopic (exact) mass is 339 g/mol. The molecule has 0 bridgehead atoms. The van der Waals surface area contributed by atoms with E-state index in [0.717, 1.165) is 5.56 Å². The molecular formula is C18H17N3O4. The normalized spacial score (nSPS) is 10.4. The molecule has 0 saturated heterocycles. The van der Waals surface area contributed by atoms with E-state index in [1.807, 2.05) is 30.3 Å². The van der Waals surface area contributed by atoms with Crippen LogP contribution in [0, 0.1) is 0 Å². The number of nitrogens with zero attached hydrogens (tertiary/aromatic N) is 2. The topological polar surface area (TPSA) is 88.4 Å². The van der Waals surface area contributed by atoms with Crippen LogP contribution in [-0.2, 0) is 16.1 Å². The smallest absolute Gasteiger partial charge is 0.356 e. The SMILES string of the molecule is CN(Cc1ccco1)C(=O)COC(=O)c1cc(-c2ccccc2)n[nH]1. The van der Waals surface area contributed by atoms with E-state index in [1.165, 1.54) is 11.2 Å². The molecule has 0 fully saturated rings. The Hall–Kier alpha value is -3.35. The van der Waals surface area contributed by atoms with Crippen molar-refractivity contribution in [3.63, 3.8) is 0 Å². The second-order valence-corrected chi connectivity index (χ2v) is 5.44. The summed E-state index contributed by atoms with van der Waals surface area (Å²) in [6.07, 6.45) is 1.54. The number of rotatable bonds is 6. The second-order valence-electron chi connectivity index (χ2n) is 5.44. The Bertz CT molecular complexity index is 840. The minimum absolute atomic E-state index is 0.195. The molecule has 1 aromatic carbocycles. The summed E-state index contributed by atoms with van der Waals surface area (Å²) in [6, 6.07) is 14.6. The van der Waals surface area contributed by atoms with E-state index in [9.17, 15) is 9.59 Å². The summed E-state index contributed by atoms with van der Waals surface area (Å²) < 4.78 is 10.2. The fraction of sp³-hybridized carbons (Fsp3) is 0.167. The fourth-order valence-electron chi connectivity index (χ4n) is 2.22. The number of H-pyrrole nitrogens is 1. The van der Waals surface area contributed by atoms with Crippen LogP contribution in [0.15, 0.2) is 59.2 Å². The molecular weight excluding hydrogens is 322 g/mol. The van der Waals surface area contributed by atoms with Crippen molar-refractivity contribution >= 4 is 11.9 Å². The standard InChI is InChI=1S/C18H17N3O4/c1-21(11-14-8-5-9-24-14)17(22)12-25-18(23)16-10-15(19-20-16)13-6-3-2-4-7-13/h2-10H,11-12H2,1H3,(H,19,20). The third-order valence-corrected chi connectivity index (χ3v) is 3.59. The number of carbonyl (C=O) groups excluding carboxylic acids is 2. The molecule has 0 radical (unpaired) electrons. The highest BCUT2D eigenvalue weighted by Crippen LogP contribution is 2.17. The maximum absolute atomic E-state index is 12.1. The van der Waals surface area contributed by atoms with Gasteiger partial charge in [0.05, 0.1) is 18.5 Å². The van der Waals surface area contributed by atoms with E-state index in [4.69, 9.17) is 9.15 Å². The average molecular weight is 339 g/mol. The lowest BCUT2D eigenvalue weighted by Crippen LogP contribution is -2.30. The van der Waals surface area contributed by atoms with Gasteiger partial charge >= 0.3 is 5.97 Å². The Balaban J connectivity index is 1.54. The number of hydrogen-bond acceptors (Lipinski definition) is 5. The molecule has 128 valence electrons. The van der Waals surface area contributed by atoms with Gasteiger partial charge in [0.15, 0.2) is 6.61 Å². The van der Waals surface area contributed by atoms with E-state index < -0.39 is 5.97 Å². The van der Waals surface area contributed by atoms with Gasteiger partial charge in [-0.05, 0) is 18.2 Å². The molecule has 2 aromatic heterocycles. The number of esters is 1. The van der Waals surface area contributed by atoms with Crippen LogP contribution in [0.2, 0.25) is 0 Å². The molecule has 0 aliphatic carbocycles. The van der Waals surface area contributed by atoms with E-state index in [-0.39, 0.29) is 18.2 Å². The molecule has 1 amide bonds. The van der Waals surface area contributed by atoms with Crippen molar-refractivity contribution in [1.82, 2.24) is 15.1 Å². The summed E-state index contributed by atoms with van der Waals surface area (Å²) in [6.45, 7) is -0.0403. The maximum Gasteiger partial charge on any atom is 0.356 e. The lowest BCUT2D eigenvalue weighted by Gasteiger charge is -2.15. The van der Waals surface area contributed by atoms with Crippen LogP contribution in [0.25, 0.3) is 11.3 Å². The third-order valence-electron chi connectivity index (χ3n) is 3.59. The van der Waals surface area contributed by atoms with Crippen LogP contribution in [-0.4, -0.2) is 40.6 Å². The number of aromatic nitrogens is 2. The predicted molar refractivity (Wildman–Crippen MR) is 89.5 cm³/mol. The van der Waals surface area contributed by atoms with Gasteiger partial charge in [0.1, 0.15) is 11.5 Å². The minimum Gasteiger partial charge on any atom is -0.467 e. The molecule has 0 aliphatic rings. The van der Waals surface area contributed by atoms with Gasteiger partial charge in [0.2, 0.25) is 0 Å². The van der Waals surface area contributed by atoms with Gasteiger partial charge in [-0.1, -0.05) is 30.3 Å². The molecule has 0 atom stereocenters. The minimum atomic E-state index is -0.630. The number of hydrogen-bond donors (Lipinski definition) is 1. The Morgan fingerprint density at radius 2 is 2.00 bits per heavy atom. The summed E-state index contributed by atoms with van der Waals surface area (Å²) in [5, 5.41) is 6.71. The molecule has 3 rings (SSSR count). The Labute approximate surface area is 144 Å². The second kappa shape index (κ2) is 7.48. The van der Waals surface area contributed by atoms with Crippen molar-refractivity contribution in [2.75, 3.05) is 13.7 Å². The number of amides is 1. The predicted octanol–water partition coefficient (Wildman–Crippen LogP) is 2.49. The highest BCUT2D eigenvalue weighted by Gasteiger charge is 2.16. The van der Waals surface area contributed by atoms with Crippen LogP contribution in [0.1, 0.15) is 16.2 Å². The fourth-order valence-corrected chi connectivity index (χ4v) is 2.22. The van der Waals surface area contributed by atoms with Gasteiger partial charge in [-0.15, -0.1) is 0 Å². The molecule has 1 N–H and O–H groups in total. The number of benzene rings is 1. The zero-order chi connectivity index (χ0) is 17.6. The van der Waals surface area contributed by atoms with Crippen molar-refractivity contribution in [2.24, 2.45) is 0 Å². The molecule has 7 nitrogen and oxygen atoms in total. The quantitative estimate of drug-likeness (QED) is 0.697. The molecule has 25 heavy (non-hydrogen) atoms. The van der Waals surface area contributed by atoms with Gasteiger partial charge in [0.25, 0.3) is 5.91 Å². The maximum atomic E-state index is 12.1. The van der Waals surface area contributed by atoms with E-state index >= 15 is 0 Å². The first-order chi connectivity index (χ1) is 12.1. The molecule has 2 heterocycles. The summed E-state index contributed by atoms with van der Waals surface area (Å²) in [5.41, 5.74) is 1.71. The first-order valence-corrected chi connectivity index (χ1v) is 7.68. The van der Waals surface area contributed by atoms with E-state index in [2.05, 4.69) is 10.2 Å². The summed E-state index contributed by atoms with van der Waals surface area (Å²) in [5.74, 6) is -0.301. The molecule has 0 saturated carbocycles. The van der Waals surface area contributed by atoms with Gasteiger partial charge < -0.3 is 14.1 Å². The summed E-state index contributed by atoms with van der Waals surface area (Å²) in [7, 11) is 1.61. The number of likely N-dealkylation sites (N-methyl/N-ethyl adjacent to an activating group) is 1. The van der Waals surface area contributed by atoms with E-state index in [1.54, 1.807) is 25.2 Å². The summed E-state index contributed by atoms with van der Waals surface area (Å²) >= 11 is 0. The van der Waals surface area contributed by atoms with Crippen LogP contribution in [0.3, 0.4) is 0 Å². The summed E-state index contributed by atoms with van der Waals surface area (Å²) in [4.78, 5) is 25.5. The highest BCUT2D eigenvalue weighted by atomic mass is 16.5. The Morgan fingerprint density at radius 1 is 1.20 bits per heavy atom. The van der Waals surface area contributed by atoms with Crippen molar-refractivity contribution in [2.45, 2.75) is 6.54 Å². The lowest BCUT2D eigenvalue weighted by molar-refractivity contribution is -0.134. The van der Waals surface area contributed by atoms with Crippen LogP contribution >= 0.6 is 0 Å². The number of carbonyl (C=O) groups is 2. The third kappa shape index (κ3) is 4.14. The largest absolute Gasteiger partial charge is 0.467 e. The number of aromatic amines is 1. The van der Waals surface area contributed by atoms with Gasteiger partial charge in [0, 0.05) is 12.6 Å². The first kappa shape index (κ1) is 16.5. The Morgan fingerprint density at radius 3 is 2.72 bits per heavy atom. The molecule has 7 heteroatoms. The van der Waals surface area contributed by atoms with Crippen LogP contribution in [0.4, 0.5) is 0 Å². The highest BCUT2D eigenvalue weighted by molar-refractivity contribution is 5.90.